The molecule has 0 fully saturated rings. The number of sulfone groups is 1. The van der Waals surface area contributed by atoms with Crippen LogP contribution >= 0.6 is 15.9 Å². The summed E-state index contributed by atoms with van der Waals surface area (Å²) in [6.45, 7) is 0. The Balaban J connectivity index is 2.85. The van der Waals surface area contributed by atoms with Crippen molar-refractivity contribution in [2.75, 3.05) is 12.0 Å². The summed E-state index contributed by atoms with van der Waals surface area (Å²) in [5.74, 6) is -0.468. The van der Waals surface area contributed by atoms with E-state index in [0.29, 0.717) is 10.0 Å². The molecule has 16 heavy (non-hydrogen) atoms. The van der Waals surface area contributed by atoms with Gasteiger partial charge in [-0.1, -0.05) is 22.0 Å². The van der Waals surface area contributed by atoms with E-state index in [0.717, 1.165) is 6.26 Å². The van der Waals surface area contributed by atoms with E-state index in [2.05, 4.69) is 15.9 Å². The van der Waals surface area contributed by atoms with Gasteiger partial charge in [-0.25, -0.2) is 12.8 Å². The van der Waals surface area contributed by atoms with Crippen LogP contribution in [0.2, 0.25) is 0 Å². The molecule has 0 aromatic heterocycles. The largest absolute Gasteiger partial charge is 0.324 e. The highest BCUT2D eigenvalue weighted by atomic mass is 79.9. The zero-order chi connectivity index (χ0) is 12.3. The van der Waals surface area contributed by atoms with E-state index in [4.69, 9.17) is 5.73 Å². The molecule has 1 aromatic rings. The van der Waals surface area contributed by atoms with Gasteiger partial charge < -0.3 is 5.73 Å². The van der Waals surface area contributed by atoms with Gasteiger partial charge in [0.2, 0.25) is 0 Å². The first-order valence-corrected chi connectivity index (χ1v) is 7.54. The Morgan fingerprint density at radius 3 is 2.62 bits per heavy atom. The number of nitrogens with two attached hydrogens (primary N) is 1. The van der Waals surface area contributed by atoms with Crippen LogP contribution in [0, 0.1) is 5.82 Å². The third-order valence-electron chi connectivity index (χ3n) is 2.17. The summed E-state index contributed by atoms with van der Waals surface area (Å²) in [6.07, 6.45) is 1.34. The average Bonchev–Trinajstić information content (AvgIpc) is 2.13. The number of rotatable bonds is 4. The fourth-order valence-corrected chi connectivity index (χ4v) is 2.67. The van der Waals surface area contributed by atoms with Gasteiger partial charge in [0.25, 0.3) is 0 Å². The van der Waals surface area contributed by atoms with Crippen LogP contribution < -0.4 is 5.73 Å². The lowest BCUT2D eigenvalue weighted by Gasteiger charge is -2.14. The van der Waals surface area contributed by atoms with Gasteiger partial charge in [0, 0.05) is 22.3 Å². The summed E-state index contributed by atoms with van der Waals surface area (Å²) in [5.41, 5.74) is 6.09. The van der Waals surface area contributed by atoms with Gasteiger partial charge >= 0.3 is 0 Å². The van der Waals surface area contributed by atoms with Crippen LogP contribution in [-0.2, 0) is 9.84 Å². The van der Waals surface area contributed by atoms with Crippen molar-refractivity contribution in [2.24, 2.45) is 5.73 Å². The first-order chi connectivity index (χ1) is 7.31. The van der Waals surface area contributed by atoms with E-state index < -0.39 is 21.7 Å². The number of benzene rings is 1. The van der Waals surface area contributed by atoms with Crippen LogP contribution in [0.5, 0.6) is 0 Å². The Bertz CT molecular complexity index is 455. The van der Waals surface area contributed by atoms with Crippen LogP contribution in [-0.4, -0.2) is 20.4 Å². The molecule has 0 aliphatic carbocycles. The Morgan fingerprint density at radius 1 is 1.50 bits per heavy atom. The highest BCUT2D eigenvalue weighted by Crippen LogP contribution is 2.26. The van der Waals surface area contributed by atoms with Crippen molar-refractivity contribution in [3.8, 4) is 0 Å². The fourth-order valence-electron chi connectivity index (χ4n) is 1.35. The van der Waals surface area contributed by atoms with Crippen molar-refractivity contribution in [1.29, 1.82) is 0 Å². The lowest BCUT2D eigenvalue weighted by Crippen LogP contribution is -2.17. The second-order valence-corrected chi connectivity index (χ2v) is 6.77. The molecule has 1 rings (SSSR count). The summed E-state index contributed by atoms with van der Waals surface area (Å²) < 4.78 is 36.0. The Hall–Kier alpha value is -0.460. The highest BCUT2D eigenvalue weighted by molar-refractivity contribution is 9.10. The summed E-state index contributed by atoms with van der Waals surface area (Å²) in [4.78, 5) is 0. The van der Waals surface area contributed by atoms with Crippen LogP contribution in [0.25, 0.3) is 0 Å². The third kappa shape index (κ3) is 3.84. The van der Waals surface area contributed by atoms with Gasteiger partial charge in [-0.05, 0) is 18.6 Å². The molecule has 0 saturated heterocycles. The minimum atomic E-state index is -3.07. The van der Waals surface area contributed by atoms with Gasteiger partial charge in [-0.15, -0.1) is 0 Å². The molecule has 90 valence electrons. The standard InChI is InChI=1S/C10H13BrFNO2S/c1-16(14,15)6-5-9(13)10-7(11)3-2-4-8(10)12/h2-4,9H,5-6,13H2,1H3. The first kappa shape index (κ1) is 13.6. The molecule has 0 amide bonds. The van der Waals surface area contributed by atoms with E-state index in [1.807, 2.05) is 0 Å². The SMILES string of the molecule is CS(=O)(=O)CCC(N)c1c(F)cccc1Br. The molecule has 0 saturated carbocycles. The van der Waals surface area contributed by atoms with Crippen LogP contribution in [0.3, 0.4) is 0 Å². The Kier molecular flexibility index (Phi) is 4.46. The fraction of sp³-hybridized carbons (Fsp3) is 0.400. The van der Waals surface area contributed by atoms with Crippen molar-refractivity contribution in [3.05, 3.63) is 34.1 Å². The molecule has 6 heteroatoms. The zero-order valence-electron chi connectivity index (χ0n) is 8.78. The van der Waals surface area contributed by atoms with Crippen LogP contribution in [0.4, 0.5) is 4.39 Å². The molecule has 0 aliphatic heterocycles. The van der Waals surface area contributed by atoms with E-state index in [9.17, 15) is 12.8 Å². The quantitative estimate of drug-likeness (QED) is 0.925. The van der Waals surface area contributed by atoms with E-state index >= 15 is 0 Å². The molecular weight excluding hydrogens is 297 g/mol. The van der Waals surface area contributed by atoms with Gasteiger partial charge in [-0.3, -0.25) is 0 Å². The first-order valence-electron chi connectivity index (χ1n) is 4.68. The summed E-state index contributed by atoms with van der Waals surface area (Å²) in [5, 5.41) is 0. The third-order valence-corrected chi connectivity index (χ3v) is 3.84. The van der Waals surface area contributed by atoms with Crippen molar-refractivity contribution < 1.29 is 12.8 Å². The second kappa shape index (κ2) is 5.25. The summed E-state index contributed by atoms with van der Waals surface area (Å²) in [7, 11) is -3.07. The van der Waals surface area contributed by atoms with Crippen LogP contribution in [0.15, 0.2) is 22.7 Å². The van der Waals surface area contributed by atoms with Crippen molar-refractivity contribution in [3.63, 3.8) is 0 Å². The summed E-state index contributed by atoms with van der Waals surface area (Å²) in [6, 6.07) is 3.93. The predicted octanol–water partition coefficient (Wildman–Crippen LogP) is 2.02. The maximum Gasteiger partial charge on any atom is 0.147 e. The predicted molar refractivity (Wildman–Crippen MR) is 65.4 cm³/mol. The molecule has 2 N–H and O–H groups in total. The Morgan fingerprint density at radius 2 is 2.12 bits per heavy atom. The lowest BCUT2D eigenvalue weighted by atomic mass is 10.1. The molecule has 0 aliphatic rings. The van der Waals surface area contributed by atoms with E-state index in [1.165, 1.54) is 6.07 Å². The molecule has 3 nitrogen and oxygen atoms in total. The Labute approximate surface area is 103 Å². The summed E-state index contributed by atoms with van der Waals surface area (Å²) >= 11 is 3.20. The number of halogens is 2. The van der Waals surface area contributed by atoms with Crippen molar-refractivity contribution in [2.45, 2.75) is 12.5 Å². The zero-order valence-corrected chi connectivity index (χ0v) is 11.2. The maximum absolute atomic E-state index is 13.5. The average molecular weight is 310 g/mol. The van der Waals surface area contributed by atoms with E-state index in [-0.39, 0.29) is 12.2 Å². The van der Waals surface area contributed by atoms with Gasteiger partial charge in [0.05, 0.1) is 5.75 Å². The molecule has 0 heterocycles. The molecular formula is C10H13BrFNO2S. The van der Waals surface area contributed by atoms with Crippen LogP contribution in [0.1, 0.15) is 18.0 Å². The van der Waals surface area contributed by atoms with Gasteiger partial charge in [-0.2, -0.15) is 0 Å². The smallest absolute Gasteiger partial charge is 0.147 e. The molecule has 0 bridgehead atoms. The molecule has 1 aromatic carbocycles. The number of hydrogen-bond acceptors (Lipinski definition) is 3. The molecule has 0 spiro atoms. The monoisotopic (exact) mass is 309 g/mol. The molecule has 1 atom stereocenters. The van der Waals surface area contributed by atoms with Gasteiger partial charge in [0.15, 0.2) is 0 Å². The van der Waals surface area contributed by atoms with Crippen molar-refractivity contribution >= 4 is 25.8 Å². The number of hydrogen-bond donors (Lipinski definition) is 1. The minimum Gasteiger partial charge on any atom is -0.324 e. The van der Waals surface area contributed by atoms with Crippen molar-refractivity contribution in [1.82, 2.24) is 0 Å². The highest BCUT2D eigenvalue weighted by Gasteiger charge is 2.16. The molecule has 1 unspecified atom stereocenters. The molecule has 0 radical (unpaired) electrons. The second-order valence-electron chi connectivity index (χ2n) is 3.66. The maximum atomic E-state index is 13.5. The lowest BCUT2D eigenvalue weighted by molar-refractivity contribution is 0.564. The topological polar surface area (TPSA) is 60.2 Å². The van der Waals surface area contributed by atoms with E-state index in [1.54, 1.807) is 12.1 Å². The normalized spacial score (nSPS) is 13.8. The van der Waals surface area contributed by atoms with Gasteiger partial charge in [0.1, 0.15) is 15.7 Å². The minimum absolute atomic E-state index is 0.0467.